The molecule has 2 N–H and O–H groups in total. The van der Waals surface area contributed by atoms with Gasteiger partial charge < -0.3 is 5.11 Å². The Kier molecular flexibility index (Phi) is 5.07. The van der Waals surface area contributed by atoms with Crippen molar-refractivity contribution in [3.8, 4) is 0 Å². The van der Waals surface area contributed by atoms with Gasteiger partial charge in [-0.15, -0.1) is 0 Å². The summed E-state index contributed by atoms with van der Waals surface area (Å²) < 4.78 is 118. The van der Waals surface area contributed by atoms with Crippen molar-refractivity contribution in [2.45, 2.75) is 24.1 Å². The highest BCUT2D eigenvalue weighted by Gasteiger charge is 2.83. The summed E-state index contributed by atoms with van der Waals surface area (Å²) in [5, 5.41) is 7.65. The summed E-state index contributed by atoms with van der Waals surface area (Å²) in [6, 6.07) is 0. The third-order valence-electron chi connectivity index (χ3n) is 1.23. The third-order valence-corrected chi connectivity index (χ3v) is 1.23. The van der Waals surface area contributed by atoms with Gasteiger partial charge in [-0.25, -0.2) is 5.44 Å². The van der Waals surface area contributed by atoms with Gasteiger partial charge in [-0.3, -0.25) is 0 Å². The average molecular weight is 283 g/mol. The molecule has 17 heavy (non-hydrogen) atoms. The van der Waals surface area contributed by atoms with Crippen molar-refractivity contribution in [3.63, 3.8) is 0 Å². The van der Waals surface area contributed by atoms with Crippen molar-refractivity contribution in [3.05, 3.63) is 0 Å². The van der Waals surface area contributed by atoms with Crippen LogP contribution in [0.3, 0.4) is 0 Å². The number of alkyl halides is 9. The van der Waals surface area contributed by atoms with E-state index in [-0.39, 0.29) is 0 Å². The molecule has 0 bridgehead atoms. The Labute approximate surface area is 89.4 Å². The highest BCUT2D eigenvalue weighted by Crippen LogP contribution is 2.52. The van der Waals surface area contributed by atoms with Gasteiger partial charge in [0.15, 0.2) is 0 Å². The zero-order valence-electron chi connectivity index (χ0n) is 8.25. The monoisotopic (exact) mass is 283 g/mol. The summed E-state index contributed by atoms with van der Waals surface area (Å²) in [7, 11) is 3.94. The summed E-state index contributed by atoms with van der Waals surface area (Å²) in [5.74, 6) is 0. The Morgan fingerprint density at radius 1 is 0.824 bits per heavy atom. The molecule has 0 saturated carbocycles. The second kappa shape index (κ2) is 5.29. The van der Waals surface area contributed by atoms with Crippen molar-refractivity contribution in [1.29, 1.82) is 0 Å². The molecule has 0 aliphatic carbocycles. The lowest BCUT2D eigenvalue weighted by Gasteiger charge is -2.33. The minimum atomic E-state index is -6.87. The van der Waals surface area contributed by atoms with E-state index in [1.54, 1.807) is 0 Å². The summed E-state index contributed by atoms with van der Waals surface area (Å²) in [6.07, 6.45) is -20.6. The van der Waals surface area contributed by atoms with E-state index < -0.39 is 29.6 Å². The maximum Gasteiger partial charge on any atom is 0.435 e. The Hall–Kier alpha value is -0.715. The molecule has 0 heterocycles. The molecule has 0 unspecified atom stereocenters. The first-order chi connectivity index (χ1) is 7.48. The Bertz CT molecular complexity index is 219. The standard InChI is InChI=1S/C4HF9O.BFHN/c5-2(6,7)1(14,3(8,9)10)4(11,12)13;1-3-2/h14H;3H/i;3T. The molecule has 0 atom stereocenters. The highest BCUT2D eigenvalue weighted by atomic mass is 19.4. The molecule has 0 aliphatic heterocycles. The van der Waals surface area contributed by atoms with Crippen molar-refractivity contribution < 1.29 is 50.5 Å². The van der Waals surface area contributed by atoms with Crippen LogP contribution >= 0.6 is 0 Å². The van der Waals surface area contributed by atoms with Gasteiger partial charge in [0.2, 0.25) is 7.98 Å². The molecular weight excluding hydrogens is 279 g/mol. The van der Waals surface area contributed by atoms with E-state index in [2.05, 4.69) is 7.98 Å². The topological polar surface area (TPSA) is 32.3 Å². The lowest BCUT2D eigenvalue weighted by molar-refractivity contribution is -0.447. The Balaban J connectivity index is 0. The first-order valence-corrected chi connectivity index (χ1v) is 3.10. The van der Waals surface area contributed by atoms with Crippen molar-refractivity contribution >= 4 is 7.98 Å². The molecule has 13 heteroatoms. The Morgan fingerprint density at radius 2 is 0.941 bits per heavy atom. The molecule has 2 radical (unpaired) electrons. The summed E-state index contributed by atoms with van der Waals surface area (Å²) in [5.41, 5.74) is -7.44. The van der Waals surface area contributed by atoms with Crippen LogP contribution in [0.4, 0.5) is 44.0 Å². The smallest absolute Gasteiger partial charge is 0.367 e. The van der Waals surface area contributed by atoms with Gasteiger partial charge in [-0.1, -0.05) is 0 Å². The van der Waals surface area contributed by atoms with Crippen LogP contribution in [-0.4, -0.2) is 37.2 Å². The minimum Gasteiger partial charge on any atom is -0.367 e. The predicted octanol–water partition coefficient (Wildman–Crippen LogP) is 1.95. The van der Waals surface area contributed by atoms with Gasteiger partial charge in [0.05, 0.1) is 0 Å². The highest BCUT2D eigenvalue weighted by molar-refractivity contribution is 6.03. The summed E-state index contributed by atoms with van der Waals surface area (Å²) in [4.78, 5) is 0. The molecule has 0 fully saturated rings. The van der Waals surface area contributed by atoms with Crippen LogP contribution in [0, 0.1) is 0 Å². The molecule has 0 amide bonds. The fourth-order valence-corrected chi connectivity index (χ4v) is 0.482. The van der Waals surface area contributed by atoms with Crippen LogP contribution in [0.15, 0.2) is 0 Å². The van der Waals surface area contributed by atoms with Crippen LogP contribution in [0.5, 0.6) is 0 Å². The van der Waals surface area contributed by atoms with E-state index in [9.17, 15) is 44.0 Å². The predicted molar refractivity (Wildman–Crippen MR) is 33.1 cm³/mol. The van der Waals surface area contributed by atoms with Crippen molar-refractivity contribution in [2.24, 2.45) is 0 Å². The molecule has 0 saturated heterocycles. The number of hydrogen-bond donors (Lipinski definition) is 2. The zero-order chi connectivity index (χ0) is 15.6. The molecular formula is C4H2BF10NO. The van der Waals surface area contributed by atoms with Gasteiger partial charge >= 0.3 is 24.1 Å². The number of aliphatic hydroxyl groups is 1. The second-order valence-electron chi connectivity index (χ2n) is 2.30. The molecule has 0 spiro atoms. The molecule has 0 aromatic rings. The zero-order valence-corrected chi connectivity index (χ0v) is 7.25. The molecule has 0 aromatic carbocycles. The normalized spacial score (nSPS) is 15.2. The quantitative estimate of drug-likeness (QED) is 0.404. The van der Waals surface area contributed by atoms with E-state index in [0.717, 1.165) is 0 Å². The van der Waals surface area contributed by atoms with Gasteiger partial charge in [0.25, 0.3) is 0 Å². The number of rotatable bonds is 0. The van der Waals surface area contributed by atoms with E-state index in [4.69, 9.17) is 6.52 Å². The first-order valence-electron chi connectivity index (χ1n) is 3.55. The van der Waals surface area contributed by atoms with Gasteiger partial charge in [-0.05, 0) is 0 Å². The van der Waals surface area contributed by atoms with E-state index in [1.807, 2.05) is 0 Å². The van der Waals surface area contributed by atoms with Crippen LogP contribution in [0.2, 0.25) is 1.41 Å². The largest absolute Gasteiger partial charge is 0.435 e. The maximum atomic E-state index is 11.4. The number of halogens is 10. The Morgan fingerprint density at radius 3 is 0.941 bits per heavy atom. The summed E-state index contributed by atoms with van der Waals surface area (Å²) >= 11 is 0. The molecule has 2 nitrogen and oxygen atoms in total. The molecule has 0 aliphatic rings. The summed E-state index contributed by atoms with van der Waals surface area (Å²) in [6.45, 7) is 0. The van der Waals surface area contributed by atoms with Crippen molar-refractivity contribution in [2.75, 3.05) is 0 Å². The van der Waals surface area contributed by atoms with Crippen LogP contribution < -0.4 is 5.44 Å². The fourth-order valence-electron chi connectivity index (χ4n) is 0.482. The van der Waals surface area contributed by atoms with E-state index >= 15 is 0 Å². The van der Waals surface area contributed by atoms with E-state index in [1.165, 1.54) is 0 Å². The van der Waals surface area contributed by atoms with Crippen molar-refractivity contribution in [1.82, 2.24) is 5.44 Å². The molecule has 0 aromatic heterocycles. The fraction of sp³-hybridized carbons (Fsp3) is 1.00. The second-order valence-corrected chi connectivity index (χ2v) is 2.30. The maximum absolute atomic E-state index is 11.4. The van der Waals surface area contributed by atoms with Gasteiger partial charge in [0.1, 0.15) is 1.41 Å². The first kappa shape index (κ1) is 16.3. The van der Waals surface area contributed by atoms with E-state index in [0.29, 0.717) is 0 Å². The van der Waals surface area contributed by atoms with Crippen LogP contribution in [0.25, 0.3) is 0 Å². The van der Waals surface area contributed by atoms with Crippen LogP contribution in [0.1, 0.15) is 0 Å². The lowest BCUT2D eigenvalue weighted by Crippen LogP contribution is -2.66. The average Bonchev–Trinajstić information content (AvgIpc) is 1.94. The van der Waals surface area contributed by atoms with Gasteiger partial charge in [-0.2, -0.15) is 44.0 Å². The number of hydrogen-bond acceptors (Lipinski definition) is 2. The van der Waals surface area contributed by atoms with Crippen LogP contribution in [-0.2, 0) is 0 Å². The third kappa shape index (κ3) is 3.90. The minimum absolute atomic E-state index is 0.750. The van der Waals surface area contributed by atoms with Gasteiger partial charge in [0, 0.05) is 0 Å². The molecule has 0 rings (SSSR count). The molecule has 102 valence electrons. The number of nitrogens with one attached hydrogen (secondary N) is 1. The SMILES string of the molecule is OC(C(F)(F)F)(C(F)(F)F)C(F)(F)F.[3H]N([B])F. The lowest BCUT2D eigenvalue weighted by atomic mass is 10.0.